The Hall–Kier alpha value is -2.62. The van der Waals surface area contributed by atoms with Gasteiger partial charge in [0.15, 0.2) is 5.78 Å². The molecule has 0 aliphatic carbocycles. The fraction of sp³-hybridized carbons (Fsp3) is 0.364. The first kappa shape index (κ1) is 16.8. The molecule has 4 heteroatoms. The summed E-state index contributed by atoms with van der Waals surface area (Å²) in [6.45, 7) is 5.16. The van der Waals surface area contributed by atoms with Gasteiger partial charge in [0.1, 0.15) is 11.4 Å². The van der Waals surface area contributed by atoms with Crippen LogP contribution in [0.4, 0.5) is 0 Å². The van der Waals surface area contributed by atoms with Crippen molar-refractivity contribution in [3.8, 4) is 5.75 Å². The number of benzene rings is 2. The Bertz CT molecular complexity index is 879. The average molecular weight is 349 g/mol. The molecule has 0 radical (unpaired) electrons. The highest BCUT2D eigenvalue weighted by atomic mass is 16.5. The molecule has 0 N–H and O–H groups in total. The van der Waals surface area contributed by atoms with E-state index in [1.54, 1.807) is 0 Å². The van der Waals surface area contributed by atoms with Gasteiger partial charge in [-0.05, 0) is 37.6 Å². The van der Waals surface area contributed by atoms with Crippen molar-refractivity contribution in [3.05, 3.63) is 64.7 Å². The van der Waals surface area contributed by atoms with Crippen LogP contribution >= 0.6 is 0 Å². The molecule has 1 saturated heterocycles. The first-order valence-electron chi connectivity index (χ1n) is 9.15. The second kappa shape index (κ2) is 6.27. The zero-order valence-corrected chi connectivity index (χ0v) is 15.2. The summed E-state index contributed by atoms with van der Waals surface area (Å²) in [4.78, 5) is 27.3. The van der Waals surface area contributed by atoms with E-state index in [2.05, 4.69) is 0 Å². The molecule has 4 nitrogen and oxygen atoms in total. The van der Waals surface area contributed by atoms with Gasteiger partial charge in [-0.2, -0.15) is 0 Å². The number of carbonyl (C=O) groups excluding carboxylic acids is 2. The zero-order valence-electron chi connectivity index (χ0n) is 15.2. The number of amides is 1. The molecule has 2 aliphatic heterocycles. The van der Waals surface area contributed by atoms with Gasteiger partial charge < -0.3 is 9.64 Å². The zero-order chi connectivity index (χ0) is 18.3. The number of piperidine rings is 1. The van der Waals surface area contributed by atoms with E-state index in [9.17, 15) is 9.59 Å². The van der Waals surface area contributed by atoms with Crippen LogP contribution in [0.3, 0.4) is 0 Å². The first-order valence-corrected chi connectivity index (χ1v) is 9.15. The minimum absolute atomic E-state index is 0.0658. The maximum Gasteiger partial charge on any atom is 0.254 e. The Morgan fingerprint density at radius 2 is 1.81 bits per heavy atom. The molecule has 1 amide bonds. The van der Waals surface area contributed by atoms with Gasteiger partial charge in [0.25, 0.3) is 5.91 Å². The van der Waals surface area contributed by atoms with Gasteiger partial charge in [-0.1, -0.05) is 29.8 Å². The number of hydrogen-bond donors (Lipinski definition) is 0. The molecule has 0 saturated carbocycles. The molecule has 2 aromatic rings. The van der Waals surface area contributed by atoms with Gasteiger partial charge in [0.05, 0.1) is 12.0 Å². The minimum atomic E-state index is -0.470. The van der Waals surface area contributed by atoms with Crippen LogP contribution in [0.15, 0.2) is 42.5 Å². The van der Waals surface area contributed by atoms with E-state index in [0.29, 0.717) is 43.7 Å². The second-order valence-corrected chi connectivity index (χ2v) is 7.49. The minimum Gasteiger partial charge on any atom is -0.486 e. The predicted molar refractivity (Wildman–Crippen MR) is 99.8 cm³/mol. The number of nitrogens with zero attached hydrogens (tertiary/aromatic N) is 1. The van der Waals surface area contributed by atoms with Crippen molar-refractivity contribution in [1.82, 2.24) is 4.90 Å². The first-order chi connectivity index (χ1) is 12.5. The maximum atomic E-state index is 12.8. The summed E-state index contributed by atoms with van der Waals surface area (Å²) in [5.41, 5.74) is 3.03. The summed E-state index contributed by atoms with van der Waals surface area (Å²) in [6, 6.07) is 13.4. The van der Waals surface area contributed by atoms with Crippen LogP contribution < -0.4 is 4.74 Å². The summed E-state index contributed by atoms with van der Waals surface area (Å²) < 4.78 is 6.28. The maximum absolute atomic E-state index is 12.8. The van der Waals surface area contributed by atoms with Crippen molar-refractivity contribution >= 4 is 11.7 Å². The Kier molecular flexibility index (Phi) is 4.06. The van der Waals surface area contributed by atoms with E-state index >= 15 is 0 Å². The van der Waals surface area contributed by atoms with E-state index in [1.165, 1.54) is 0 Å². The van der Waals surface area contributed by atoms with E-state index in [-0.39, 0.29) is 11.7 Å². The van der Waals surface area contributed by atoms with E-state index < -0.39 is 5.60 Å². The molecule has 0 aromatic heterocycles. The molecule has 0 unspecified atom stereocenters. The number of hydrogen-bond acceptors (Lipinski definition) is 3. The number of carbonyl (C=O) groups is 2. The summed E-state index contributed by atoms with van der Waals surface area (Å²) in [6.07, 6.45) is 1.77. The molecule has 4 rings (SSSR count). The number of likely N-dealkylation sites (tertiary alicyclic amines) is 1. The molecule has 0 atom stereocenters. The van der Waals surface area contributed by atoms with Crippen molar-refractivity contribution in [2.24, 2.45) is 0 Å². The van der Waals surface area contributed by atoms with Crippen LogP contribution in [0, 0.1) is 13.8 Å². The van der Waals surface area contributed by atoms with Gasteiger partial charge >= 0.3 is 0 Å². The Balaban J connectivity index is 1.50. The molecule has 1 fully saturated rings. The SMILES string of the molecule is Cc1ccc2c(c1)C(=O)CC1(CCN(C(=O)c3ccccc3C)CC1)O2. The molecular formula is C22H23NO3. The van der Waals surface area contributed by atoms with Gasteiger partial charge in [-0.3, -0.25) is 9.59 Å². The van der Waals surface area contributed by atoms with Crippen LogP contribution in [0.2, 0.25) is 0 Å². The number of rotatable bonds is 1. The molecule has 26 heavy (non-hydrogen) atoms. The van der Waals surface area contributed by atoms with Gasteiger partial charge in [-0.15, -0.1) is 0 Å². The van der Waals surface area contributed by atoms with E-state index in [4.69, 9.17) is 4.74 Å². The summed E-state index contributed by atoms with van der Waals surface area (Å²) in [7, 11) is 0. The van der Waals surface area contributed by atoms with Crippen LogP contribution in [0.25, 0.3) is 0 Å². The standard InChI is InChI=1S/C22H23NO3/c1-15-7-8-20-18(13-15)19(24)14-22(26-20)9-11-23(12-10-22)21(25)17-6-4-3-5-16(17)2/h3-8,13H,9-12,14H2,1-2H3. The third kappa shape index (κ3) is 2.90. The Morgan fingerprint density at radius 1 is 1.08 bits per heavy atom. The summed E-state index contributed by atoms with van der Waals surface area (Å²) >= 11 is 0. The topological polar surface area (TPSA) is 46.6 Å². The van der Waals surface area contributed by atoms with Crippen molar-refractivity contribution < 1.29 is 14.3 Å². The number of ether oxygens (including phenoxy) is 1. The van der Waals surface area contributed by atoms with Crippen molar-refractivity contribution in [2.45, 2.75) is 38.7 Å². The van der Waals surface area contributed by atoms with Crippen molar-refractivity contribution in [1.29, 1.82) is 0 Å². The normalized spacial score (nSPS) is 18.4. The lowest BCUT2D eigenvalue weighted by Gasteiger charge is -2.44. The summed E-state index contributed by atoms with van der Waals surface area (Å²) in [5, 5.41) is 0. The molecule has 134 valence electrons. The Labute approximate surface area is 153 Å². The second-order valence-electron chi connectivity index (χ2n) is 7.49. The number of aryl methyl sites for hydroxylation is 2. The predicted octanol–water partition coefficient (Wildman–Crippen LogP) is 3.94. The fourth-order valence-electron chi connectivity index (χ4n) is 3.99. The van der Waals surface area contributed by atoms with Gasteiger partial charge in [-0.25, -0.2) is 0 Å². The van der Waals surface area contributed by atoms with Gasteiger partial charge in [0.2, 0.25) is 0 Å². The average Bonchev–Trinajstić information content (AvgIpc) is 2.63. The third-order valence-corrected chi connectivity index (χ3v) is 5.58. The smallest absolute Gasteiger partial charge is 0.254 e. The summed E-state index contributed by atoms with van der Waals surface area (Å²) in [5.74, 6) is 0.898. The van der Waals surface area contributed by atoms with Crippen molar-refractivity contribution in [3.63, 3.8) is 0 Å². The van der Waals surface area contributed by atoms with E-state index in [0.717, 1.165) is 16.7 Å². The molecule has 2 heterocycles. The molecule has 2 aliphatic rings. The van der Waals surface area contributed by atoms with E-state index in [1.807, 2.05) is 61.2 Å². The highest BCUT2D eigenvalue weighted by molar-refractivity contribution is 6.00. The van der Waals surface area contributed by atoms with Crippen LogP contribution in [-0.2, 0) is 0 Å². The largest absolute Gasteiger partial charge is 0.486 e. The van der Waals surface area contributed by atoms with Crippen molar-refractivity contribution in [2.75, 3.05) is 13.1 Å². The third-order valence-electron chi connectivity index (χ3n) is 5.58. The molecule has 1 spiro atoms. The molecular weight excluding hydrogens is 326 g/mol. The number of Topliss-reactive ketones (excluding diaryl/α,β-unsaturated/α-hetero) is 1. The molecule has 2 aromatic carbocycles. The lowest BCUT2D eigenvalue weighted by molar-refractivity contribution is -0.00573. The van der Waals surface area contributed by atoms with Gasteiger partial charge in [0, 0.05) is 31.5 Å². The quantitative estimate of drug-likeness (QED) is 0.783. The lowest BCUT2D eigenvalue weighted by Crippen LogP contribution is -2.52. The Morgan fingerprint density at radius 3 is 2.54 bits per heavy atom. The van der Waals surface area contributed by atoms with Crippen LogP contribution in [0.5, 0.6) is 5.75 Å². The number of fused-ring (bicyclic) bond motifs is 1. The van der Waals surface area contributed by atoms with Crippen LogP contribution in [0.1, 0.15) is 51.1 Å². The highest BCUT2D eigenvalue weighted by Crippen LogP contribution is 2.39. The van der Waals surface area contributed by atoms with Crippen LogP contribution in [-0.4, -0.2) is 35.3 Å². The fourth-order valence-corrected chi connectivity index (χ4v) is 3.99. The molecule has 0 bridgehead atoms. The lowest BCUT2D eigenvalue weighted by atomic mass is 9.82. The highest BCUT2D eigenvalue weighted by Gasteiger charge is 2.43. The monoisotopic (exact) mass is 349 g/mol. The number of ketones is 1.